The fourth-order valence-electron chi connectivity index (χ4n) is 2.98. The Kier molecular flexibility index (Phi) is 4.12. The summed E-state index contributed by atoms with van der Waals surface area (Å²) in [5.74, 6) is 1.02. The van der Waals surface area contributed by atoms with Crippen molar-refractivity contribution in [2.24, 2.45) is 5.92 Å². The fraction of sp³-hybridized carbons (Fsp3) is 0.600. The highest BCUT2D eigenvalue weighted by molar-refractivity contribution is 5.40. The number of phenolic OH excluding ortho intramolecular Hbond substituents is 2. The Morgan fingerprint density at radius 2 is 1.83 bits per heavy atom. The molecular weight excluding hydrogens is 226 g/mol. The summed E-state index contributed by atoms with van der Waals surface area (Å²) >= 11 is 0. The van der Waals surface area contributed by atoms with Crippen LogP contribution in [0.3, 0.4) is 0 Å². The highest BCUT2D eigenvalue weighted by Gasteiger charge is 2.23. The van der Waals surface area contributed by atoms with E-state index < -0.39 is 0 Å². The second-order valence-electron chi connectivity index (χ2n) is 5.46. The second kappa shape index (κ2) is 5.61. The van der Waals surface area contributed by atoms with Gasteiger partial charge in [-0.05, 0) is 38.7 Å². The molecule has 0 saturated heterocycles. The van der Waals surface area contributed by atoms with Gasteiger partial charge in [0.25, 0.3) is 0 Å². The van der Waals surface area contributed by atoms with Crippen molar-refractivity contribution in [1.29, 1.82) is 0 Å². The van der Waals surface area contributed by atoms with Crippen LogP contribution in [0.5, 0.6) is 11.5 Å². The van der Waals surface area contributed by atoms with Gasteiger partial charge in [0.05, 0.1) is 0 Å². The van der Waals surface area contributed by atoms with Gasteiger partial charge < -0.3 is 15.5 Å². The molecule has 1 aliphatic rings. The van der Waals surface area contributed by atoms with Crippen LogP contribution in [0.15, 0.2) is 18.2 Å². The molecule has 0 heterocycles. The zero-order chi connectivity index (χ0) is 13.1. The van der Waals surface area contributed by atoms with Crippen LogP contribution < -0.4 is 5.32 Å². The van der Waals surface area contributed by atoms with Gasteiger partial charge in [-0.15, -0.1) is 0 Å². The van der Waals surface area contributed by atoms with Crippen LogP contribution in [-0.2, 0) is 0 Å². The molecule has 2 atom stereocenters. The molecule has 0 radical (unpaired) electrons. The van der Waals surface area contributed by atoms with E-state index in [1.807, 2.05) is 0 Å². The lowest BCUT2D eigenvalue weighted by Crippen LogP contribution is -2.34. The van der Waals surface area contributed by atoms with Crippen molar-refractivity contribution >= 4 is 0 Å². The minimum atomic E-state index is 0.0983. The first-order valence-electron chi connectivity index (χ1n) is 6.86. The minimum absolute atomic E-state index is 0.0983. The van der Waals surface area contributed by atoms with Crippen LogP contribution in [0.1, 0.15) is 51.1 Å². The fourth-order valence-corrected chi connectivity index (χ4v) is 2.98. The zero-order valence-electron chi connectivity index (χ0n) is 11.2. The Morgan fingerprint density at radius 3 is 2.44 bits per heavy atom. The predicted molar refractivity (Wildman–Crippen MR) is 72.7 cm³/mol. The number of rotatable bonds is 4. The maximum Gasteiger partial charge on any atom is 0.124 e. The van der Waals surface area contributed by atoms with Crippen molar-refractivity contribution in [2.45, 2.75) is 51.6 Å². The van der Waals surface area contributed by atoms with Gasteiger partial charge in [-0.1, -0.05) is 18.9 Å². The minimum Gasteiger partial charge on any atom is -0.508 e. The second-order valence-corrected chi connectivity index (χ2v) is 5.46. The van der Waals surface area contributed by atoms with E-state index in [1.165, 1.54) is 31.7 Å². The molecule has 2 unspecified atom stereocenters. The Bertz CT molecular complexity index is 399. The van der Waals surface area contributed by atoms with E-state index in [4.69, 9.17) is 0 Å². The number of aromatic hydroxyl groups is 2. The van der Waals surface area contributed by atoms with E-state index in [9.17, 15) is 10.2 Å². The van der Waals surface area contributed by atoms with Crippen LogP contribution in [0.25, 0.3) is 0 Å². The normalized spacial score (nSPS) is 19.9. The number of phenols is 2. The molecule has 1 aliphatic carbocycles. The first-order valence-corrected chi connectivity index (χ1v) is 6.86. The molecule has 1 aromatic carbocycles. The van der Waals surface area contributed by atoms with Gasteiger partial charge in [-0.25, -0.2) is 0 Å². The summed E-state index contributed by atoms with van der Waals surface area (Å²) in [6.07, 6.45) is 5.30. The van der Waals surface area contributed by atoms with Gasteiger partial charge in [0.15, 0.2) is 0 Å². The van der Waals surface area contributed by atoms with E-state index >= 15 is 0 Å². The summed E-state index contributed by atoms with van der Waals surface area (Å²) in [5.41, 5.74) is 0.845. The molecule has 0 aliphatic heterocycles. The summed E-state index contributed by atoms with van der Waals surface area (Å²) in [6, 6.07) is 5.36. The van der Waals surface area contributed by atoms with Crippen molar-refractivity contribution in [2.75, 3.05) is 0 Å². The van der Waals surface area contributed by atoms with Gasteiger partial charge in [0.1, 0.15) is 11.5 Å². The molecule has 100 valence electrons. The standard InChI is InChI=1S/C15H23NO2/c1-10(12-5-3-4-6-12)16-11(2)14-8-7-13(17)9-15(14)18/h7-12,16-18H,3-6H2,1-2H3. The van der Waals surface area contributed by atoms with Crippen LogP contribution >= 0.6 is 0 Å². The molecule has 2 rings (SSSR count). The third-order valence-electron chi connectivity index (χ3n) is 4.10. The quantitative estimate of drug-likeness (QED) is 0.767. The van der Waals surface area contributed by atoms with Gasteiger partial charge in [0.2, 0.25) is 0 Å². The summed E-state index contributed by atoms with van der Waals surface area (Å²) < 4.78 is 0. The lowest BCUT2D eigenvalue weighted by atomic mass is 9.97. The summed E-state index contributed by atoms with van der Waals surface area (Å²) in [4.78, 5) is 0. The molecule has 0 amide bonds. The number of nitrogens with one attached hydrogen (secondary N) is 1. The first kappa shape index (κ1) is 13.2. The first-order chi connectivity index (χ1) is 8.58. The molecule has 0 spiro atoms. The number of hydrogen-bond donors (Lipinski definition) is 3. The molecular formula is C15H23NO2. The molecule has 1 aromatic rings. The smallest absolute Gasteiger partial charge is 0.124 e. The van der Waals surface area contributed by atoms with Crippen molar-refractivity contribution in [1.82, 2.24) is 5.32 Å². The predicted octanol–water partition coefficient (Wildman–Crippen LogP) is 3.33. The van der Waals surface area contributed by atoms with Crippen molar-refractivity contribution < 1.29 is 10.2 Å². The molecule has 1 fully saturated rings. The largest absolute Gasteiger partial charge is 0.508 e. The Labute approximate surface area is 109 Å². The van der Waals surface area contributed by atoms with Crippen LogP contribution in [0.4, 0.5) is 0 Å². The average Bonchev–Trinajstić information content (AvgIpc) is 2.81. The third-order valence-corrected chi connectivity index (χ3v) is 4.10. The number of benzene rings is 1. The maximum absolute atomic E-state index is 9.84. The molecule has 1 saturated carbocycles. The molecule has 3 N–H and O–H groups in total. The van der Waals surface area contributed by atoms with E-state index in [-0.39, 0.29) is 17.5 Å². The highest BCUT2D eigenvalue weighted by atomic mass is 16.3. The zero-order valence-corrected chi connectivity index (χ0v) is 11.2. The lowest BCUT2D eigenvalue weighted by Gasteiger charge is -2.25. The molecule has 3 heteroatoms. The maximum atomic E-state index is 9.84. The van der Waals surface area contributed by atoms with E-state index in [0.29, 0.717) is 6.04 Å². The number of hydrogen-bond acceptors (Lipinski definition) is 3. The topological polar surface area (TPSA) is 52.5 Å². The van der Waals surface area contributed by atoms with Gasteiger partial charge in [-0.3, -0.25) is 0 Å². The monoisotopic (exact) mass is 249 g/mol. The summed E-state index contributed by atoms with van der Waals surface area (Å²) in [5, 5.41) is 22.7. The van der Waals surface area contributed by atoms with Crippen LogP contribution in [0, 0.1) is 5.92 Å². The molecule has 0 aromatic heterocycles. The summed E-state index contributed by atoms with van der Waals surface area (Å²) in [6.45, 7) is 4.28. The Balaban J connectivity index is 2.00. The van der Waals surface area contributed by atoms with E-state index in [2.05, 4.69) is 19.2 Å². The van der Waals surface area contributed by atoms with Gasteiger partial charge in [-0.2, -0.15) is 0 Å². The van der Waals surface area contributed by atoms with Gasteiger partial charge in [0, 0.05) is 23.7 Å². The summed E-state index contributed by atoms with van der Waals surface area (Å²) in [7, 11) is 0. The van der Waals surface area contributed by atoms with Crippen molar-refractivity contribution in [3.05, 3.63) is 23.8 Å². The van der Waals surface area contributed by atoms with Gasteiger partial charge >= 0.3 is 0 Å². The SMILES string of the molecule is CC(NC(C)C1CCCC1)c1ccc(O)cc1O. The highest BCUT2D eigenvalue weighted by Crippen LogP contribution is 2.31. The average molecular weight is 249 g/mol. The van der Waals surface area contributed by atoms with Crippen molar-refractivity contribution in [3.63, 3.8) is 0 Å². The molecule has 18 heavy (non-hydrogen) atoms. The van der Waals surface area contributed by atoms with Crippen LogP contribution in [0.2, 0.25) is 0 Å². The Hall–Kier alpha value is -1.22. The van der Waals surface area contributed by atoms with E-state index in [0.717, 1.165) is 11.5 Å². The van der Waals surface area contributed by atoms with Crippen LogP contribution in [-0.4, -0.2) is 16.3 Å². The lowest BCUT2D eigenvalue weighted by molar-refractivity contribution is 0.346. The molecule has 0 bridgehead atoms. The Morgan fingerprint density at radius 1 is 1.17 bits per heavy atom. The third kappa shape index (κ3) is 2.96. The van der Waals surface area contributed by atoms with Crippen molar-refractivity contribution in [3.8, 4) is 11.5 Å². The van der Waals surface area contributed by atoms with E-state index in [1.54, 1.807) is 12.1 Å². The molecule has 3 nitrogen and oxygen atoms in total.